The molecule has 0 saturated heterocycles. The largest absolute Gasteiger partial charge is 0.459 e. The zero-order chi connectivity index (χ0) is 11.4. The number of carbonyl (C=O) groups excluding carboxylic acids is 1. The van der Waals surface area contributed by atoms with E-state index < -0.39 is 0 Å². The minimum atomic E-state index is -0.312. The number of hydrogen-bond donors (Lipinski definition) is 2. The van der Waals surface area contributed by atoms with Crippen molar-refractivity contribution in [2.24, 2.45) is 0 Å². The van der Waals surface area contributed by atoms with Crippen LogP contribution in [0.25, 0.3) is 0 Å². The van der Waals surface area contributed by atoms with Crippen LogP contribution in [0.1, 0.15) is 10.6 Å². The van der Waals surface area contributed by atoms with Gasteiger partial charge in [0, 0.05) is 4.47 Å². The summed E-state index contributed by atoms with van der Waals surface area (Å²) < 4.78 is 5.93. The number of furan rings is 1. The smallest absolute Gasteiger partial charge is 0.305 e. The first-order valence-electron chi connectivity index (χ1n) is 4.61. The van der Waals surface area contributed by atoms with Crippen LogP contribution in [0.4, 0.5) is 5.69 Å². The van der Waals surface area contributed by atoms with E-state index >= 15 is 0 Å². The molecule has 0 radical (unpaired) electrons. The molecule has 1 heterocycles. The third kappa shape index (κ3) is 2.64. The summed E-state index contributed by atoms with van der Waals surface area (Å²) in [5.74, 6) is -0.0440. The molecule has 1 amide bonds. The van der Waals surface area contributed by atoms with Crippen molar-refractivity contribution in [3.05, 3.63) is 52.9 Å². The normalized spacial score (nSPS) is 9.81. The monoisotopic (exact) mass is 280 g/mol. The van der Waals surface area contributed by atoms with E-state index in [9.17, 15) is 4.79 Å². The molecule has 0 fully saturated rings. The average Bonchev–Trinajstić information content (AvgIpc) is 2.81. The van der Waals surface area contributed by atoms with E-state index in [1.807, 2.05) is 24.3 Å². The SMILES string of the molecule is O=C(NNc1ccc(Br)cc1)c1ccco1. The van der Waals surface area contributed by atoms with Crippen LogP contribution in [-0.2, 0) is 0 Å². The van der Waals surface area contributed by atoms with Gasteiger partial charge in [-0.3, -0.25) is 15.6 Å². The van der Waals surface area contributed by atoms with Crippen molar-refractivity contribution in [3.8, 4) is 0 Å². The number of anilines is 1. The Morgan fingerprint density at radius 3 is 2.56 bits per heavy atom. The van der Waals surface area contributed by atoms with Crippen molar-refractivity contribution in [2.45, 2.75) is 0 Å². The number of nitrogens with one attached hydrogen (secondary N) is 2. The first kappa shape index (κ1) is 10.8. The second-order valence-corrected chi connectivity index (χ2v) is 3.98. The topological polar surface area (TPSA) is 54.3 Å². The van der Waals surface area contributed by atoms with Crippen LogP contribution in [0, 0.1) is 0 Å². The van der Waals surface area contributed by atoms with Crippen molar-refractivity contribution < 1.29 is 9.21 Å². The highest BCUT2D eigenvalue weighted by Gasteiger charge is 2.06. The quantitative estimate of drug-likeness (QED) is 0.850. The van der Waals surface area contributed by atoms with Gasteiger partial charge in [0.25, 0.3) is 0 Å². The predicted molar refractivity (Wildman–Crippen MR) is 63.9 cm³/mol. The second-order valence-electron chi connectivity index (χ2n) is 3.06. The van der Waals surface area contributed by atoms with Crippen molar-refractivity contribution >= 4 is 27.5 Å². The molecule has 5 heteroatoms. The molecule has 0 aliphatic heterocycles. The van der Waals surface area contributed by atoms with Gasteiger partial charge in [-0.1, -0.05) is 15.9 Å². The molecule has 2 N–H and O–H groups in total. The van der Waals surface area contributed by atoms with Gasteiger partial charge in [0.15, 0.2) is 5.76 Å². The van der Waals surface area contributed by atoms with E-state index in [1.165, 1.54) is 6.26 Å². The molecule has 0 saturated carbocycles. The molecule has 4 nitrogen and oxygen atoms in total. The second kappa shape index (κ2) is 4.85. The van der Waals surface area contributed by atoms with E-state index in [2.05, 4.69) is 26.8 Å². The lowest BCUT2D eigenvalue weighted by Gasteiger charge is -2.06. The molecule has 1 aromatic heterocycles. The molecular weight excluding hydrogens is 272 g/mol. The van der Waals surface area contributed by atoms with Crippen molar-refractivity contribution in [3.63, 3.8) is 0 Å². The fourth-order valence-electron chi connectivity index (χ4n) is 1.13. The maximum absolute atomic E-state index is 11.5. The molecular formula is C11H9BrN2O2. The molecule has 0 atom stereocenters. The zero-order valence-corrected chi connectivity index (χ0v) is 9.82. The summed E-state index contributed by atoms with van der Waals surface area (Å²) in [6.07, 6.45) is 1.45. The van der Waals surface area contributed by atoms with Gasteiger partial charge in [-0.2, -0.15) is 0 Å². The van der Waals surface area contributed by atoms with E-state index in [1.54, 1.807) is 12.1 Å². The average molecular weight is 281 g/mol. The predicted octanol–water partition coefficient (Wildman–Crippen LogP) is 2.80. The summed E-state index contributed by atoms with van der Waals surface area (Å²) in [5.41, 5.74) is 6.10. The van der Waals surface area contributed by atoms with Gasteiger partial charge in [0.1, 0.15) is 0 Å². The number of rotatable bonds is 3. The highest BCUT2D eigenvalue weighted by Crippen LogP contribution is 2.13. The van der Waals surface area contributed by atoms with Crippen molar-refractivity contribution in [1.82, 2.24) is 5.43 Å². The number of amides is 1. The third-order valence-corrected chi connectivity index (χ3v) is 2.44. The molecule has 82 valence electrons. The number of hydrazine groups is 1. The van der Waals surface area contributed by atoms with Crippen LogP contribution in [0.2, 0.25) is 0 Å². The first-order valence-corrected chi connectivity index (χ1v) is 5.40. The van der Waals surface area contributed by atoms with E-state index in [-0.39, 0.29) is 11.7 Å². The third-order valence-electron chi connectivity index (χ3n) is 1.91. The summed E-state index contributed by atoms with van der Waals surface area (Å²) in [7, 11) is 0. The highest BCUT2D eigenvalue weighted by atomic mass is 79.9. The summed E-state index contributed by atoms with van der Waals surface area (Å²) >= 11 is 3.33. The Balaban J connectivity index is 1.93. The Labute approximate surface area is 101 Å². The van der Waals surface area contributed by atoms with Crippen LogP contribution < -0.4 is 10.9 Å². The van der Waals surface area contributed by atoms with Crippen LogP contribution >= 0.6 is 15.9 Å². The molecule has 0 aliphatic rings. The maximum Gasteiger partial charge on any atom is 0.305 e. The van der Waals surface area contributed by atoms with Crippen molar-refractivity contribution in [1.29, 1.82) is 0 Å². The molecule has 16 heavy (non-hydrogen) atoms. The van der Waals surface area contributed by atoms with Gasteiger partial charge in [0.05, 0.1) is 12.0 Å². The van der Waals surface area contributed by atoms with Gasteiger partial charge in [0.2, 0.25) is 0 Å². The van der Waals surface area contributed by atoms with Crippen LogP contribution in [-0.4, -0.2) is 5.91 Å². The molecule has 1 aromatic carbocycles. The number of halogens is 1. The standard InChI is InChI=1S/C11H9BrN2O2/c12-8-3-5-9(6-4-8)13-14-11(15)10-2-1-7-16-10/h1-7,13H,(H,14,15). The Kier molecular flexibility index (Phi) is 3.26. The van der Waals surface area contributed by atoms with Gasteiger partial charge < -0.3 is 4.42 Å². The molecule has 0 unspecified atom stereocenters. The molecule has 0 aliphatic carbocycles. The van der Waals surface area contributed by atoms with Gasteiger partial charge in [-0.25, -0.2) is 0 Å². The summed E-state index contributed by atoms with van der Waals surface area (Å²) in [6, 6.07) is 10.7. The Morgan fingerprint density at radius 1 is 1.19 bits per heavy atom. The lowest BCUT2D eigenvalue weighted by molar-refractivity contribution is 0.0935. The lowest BCUT2D eigenvalue weighted by atomic mass is 10.3. The van der Waals surface area contributed by atoms with Gasteiger partial charge in [-0.05, 0) is 36.4 Å². The molecule has 0 bridgehead atoms. The van der Waals surface area contributed by atoms with E-state index in [4.69, 9.17) is 4.42 Å². The Morgan fingerprint density at radius 2 is 1.94 bits per heavy atom. The van der Waals surface area contributed by atoms with E-state index in [0.717, 1.165) is 10.2 Å². The van der Waals surface area contributed by atoms with Gasteiger partial charge >= 0.3 is 5.91 Å². The summed E-state index contributed by atoms with van der Waals surface area (Å²) in [4.78, 5) is 11.5. The molecule has 0 spiro atoms. The highest BCUT2D eigenvalue weighted by molar-refractivity contribution is 9.10. The fourth-order valence-corrected chi connectivity index (χ4v) is 1.40. The first-order chi connectivity index (χ1) is 7.75. The molecule has 2 rings (SSSR count). The number of hydrogen-bond acceptors (Lipinski definition) is 3. The Hall–Kier alpha value is -1.75. The van der Waals surface area contributed by atoms with Gasteiger partial charge in [-0.15, -0.1) is 0 Å². The van der Waals surface area contributed by atoms with Crippen molar-refractivity contribution in [2.75, 3.05) is 5.43 Å². The van der Waals surface area contributed by atoms with Crippen LogP contribution in [0.3, 0.4) is 0 Å². The summed E-state index contributed by atoms with van der Waals surface area (Å²) in [6.45, 7) is 0. The van der Waals surface area contributed by atoms with E-state index in [0.29, 0.717) is 0 Å². The molecule has 2 aromatic rings. The lowest BCUT2D eigenvalue weighted by Crippen LogP contribution is -2.28. The summed E-state index contributed by atoms with van der Waals surface area (Å²) in [5, 5.41) is 0. The fraction of sp³-hybridized carbons (Fsp3) is 0. The number of benzene rings is 1. The zero-order valence-electron chi connectivity index (χ0n) is 8.24. The minimum absolute atomic E-state index is 0.268. The maximum atomic E-state index is 11.5. The minimum Gasteiger partial charge on any atom is -0.459 e. The number of carbonyl (C=O) groups is 1. The Bertz CT molecular complexity index is 465. The van der Waals surface area contributed by atoms with Crippen LogP contribution in [0.5, 0.6) is 0 Å². The van der Waals surface area contributed by atoms with Crippen LogP contribution in [0.15, 0.2) is 51.6 Å².